The lowest BCUT2D eigenvalue weighted by Gasteiger charge is -2.10. The average Bonchev–Trinajstić information content (AvgIpc) is 2.47. The molecule has 0 heterocycles. The molecule has 0 aliphatic rings. The molecule has 3 nitrogen and oxygen atoms in total. The lowest BCUT2D eigenvalue weighted by Crippen LogP contribution is -2.21. The molecule has 0 radical (unpaired) electrons. The summed E-state index contributed by atoms with van der Waals surface area (Å²) in [6, 6.07) is 9.76. The van der Waals surface area contributed by atoms with Gasteiger partial charge in [-0.3, -0.25) is 0 Å². The van der Waals surface area contributed by atoms with Crippen LogP contribution in [0, 0.1) is 0 Å². The molecule has 1 atom stereocenters. The summed E-state index contributed by atoms with van der Waals surface area (Å²) < 4.78 is 10.4. The first-order valence-corrected chi connectivity index (χ1v) is 6.92. The molecule has 0 aliphatic heterocycles. The summed E-state index contributed by atoms with van der Waals surface area (Å²) in [7, 11) is 0. The highest BCUT2D eigenvalue weighted by atomic mass is 16.6. The number of benzene rings is 1. The van der Waals surface area contributed by atoms with Gasteiger partial charge in [-0.1, -0.05) is 49.4 Å². The van der Waals surface area contributed by atoms with Gasteiger partial charge in [0.05, 0.1) is 12.9 Å². The molecular weight excluding hydrogens is 252 g/mol. The molecule has 108 valence electrons. The lowest BCUT2D eigenvalue weighted by atomic mass is 10.2. The van der Waals surface area contributed by atoms with Crippen molar-refractivity contribution in [2.45, 2.75) is 32.8 Å². The van der Waals surface area contributed by atoms with Crippen LogP contribution in [0.25, 0.3) is 6.08 Å². The zero-order valence-corrected chi connectivity index (χ0v) is 12.1. The minimum absolute atomic E-state index is 0.340. The molecule has 1 aromatic carbocycles. The number of hydrogen-bond acceptors (Lipinski definition) is 3. The normalized spacial score (nSPS) is 12.7. The van der Waals surface area contributed by atoms with Crippen molar-refractivity contribution in [1.82, 2.24) is 0 Å². The fraction of sp³-hybridized carbons (Fsp3) is 0.353. The molecule has 1 aromatic rings. The third-order valence-electron chi connectivity index (χ3n) is 2.61. The third kappa shape index (κ3) is 6.78. The minimum atomic E-state index is -0.592. The van der Waals surface area contributed by atoms with Crippen LogP contribution in [-0.4, -0.2) is 18.7 Å². The number of carbonyl (C=O) groups excluding carboxylic acids is 1. The van der Waals surface area contributed by atoms with Gasteiger partial charge in [0.25, 0.3) is 0 Å². The maximum absolute atomic E-state index is 11.6. The zero-order chi connectivity index (χ0) is 14.6. The van der Waals surface area contributed by atoms with Gasteiger partial charge in [-0.15, -0.1) is 0 Å². The van der Waals surface area contributed by atoms with Gasteiger partial charge in [-0.2, -0.15) is 0 Å². The Morgan fingerprint density at radius 2 is 2.00 bits per heavy atom. The fourth-order valence-corrected chi connectivity index (χ4v) is 1.48. The Morgan fingerprint density at radius 1 is 1.25 bits per heavy atom. The summed E-state index contributed by atoms with van der Waals surface area (Å²) in [6.45, 7) is 4.14. The van der Waals surface area contributed by atoms with E-state index in [9.17, 15) is 4.79 Å². The number of rotatable bonds is 8. The van der Waals surface area contributed by atoms with Crippen LogP contribution in [0.2, 0.25) is 0 Å². The second-order valence-electron chi connectivity index (χ2n) is 4.33. The molecule has 0 amide bonds. The van der Waals surface area contributed by atoms with E-state index in [0.717, 1.165) is 18.4 Å². The van der Waals surface area contributed by atoms with Crippen LogP contribution in [0.15, 0.2) is 48.7 Å². The molecule has 0 bridgehead atoms. The van der Waals surface area contributed by atoms with E-state index in [1.807, 2.05) is 42.5 Å². The third-order valence-corrected chi connectivity index (χ3v) is 2.61. The Hall–Kier alpha value is -2.03. The molecule has 0 saturated carbocycles. The van der Waals surface area contributed by atoms with E-state index in [4.69, 9.17) is 9.47 Å². The Morgan fingerprint density at radius 3 is 2.70 bits per heavy atom. The Kier molecular flexibility index (Phi) is 7.89. The highest BCUT2D eigenvalue weighted by Gasteiger charge is 2.13. The molecule has 0 N–H and O–H groups in total. The van der Waals surface area contributed by atoms with E-state index in [-0.39, 0.29) is 5.97 Å². The molecule has 0 spiro atoms. The molecular formula is C17H22O3. The number of carbonyl (C=O) groups is 1. The van der Waals surface area contributed by atoms with Gasteiger partial charge in [-0.25, -0.2) is 4.79 Å². The molecule has 20 heavy (non-hydrogen) atoms. The first kappa shape index (κ1) is 16.0. The van der Waals surface area contributed by atoms with E-state index in [1.54, 1.807) is 6.92 Å². The van der Waals surface area contributed by atoms with Crippen molar-refractivity contribution >= 4 is 12.0 Å². The van der Waals surface area contributed by atoms with Crippen molar-refractivity contribution in [1.29, 1.82) is 0 Å². The molecule has 0 aromatic heterocycles. The van der Waals surface area contributed by atoms with Gasteiger partial charge in [0.15, 0.2) is 6.10 Å². The van der Waals surface area contributed by atoms with Crippen molar-refractivity contribution in [2.24, 2.45) is 0 Å². The fourth-order valence-electron chi connectivity index (χ4n) is 1.48. The van der Waals surface area contributed by atoms with Gasteiger partial charge >= 0.3 is 5.97 Å². The maximum Gasteiger partial charge on any atom is 0.347 e. The Labute approximate surface area is 120 Å². The van der Waals surface area contributed by atoms with Crippen LogP contribution in [0.3, 0.4) is 0 Å². The first-order chi connectivity index (χ1) is 9.74. The van der Waals surface area contributed by atoms with Crippen molar-refractivity contribution < 1.29 is 14.3 Å². The standard InChI is InChI=1S/C17H22O3/c1-3-4-5-9-13-20-17(18)15(2)19-14-12-16-10-7-6-8-11-16/h4-8,10-12,14-15H,3,9,13H2,1-2H3. The summed E-state index contributed by atoms with van der Waals surface area (Å²) >= 11 is 0. The lowest BCUT2D eigenvalue weighted by molar-refractivity contribution is -0.152. The quantitative estimate of drug-likeness (QED) is 0.311. The SMILES string of the molecule is CCC=CCCOC(=O)C(C)OC=Cc1ccccc1. The van der Waals surface area contributed by atoms with E-state index in [0.29, 0.717) is 6.61 Å². The first-order valence-electron chi connectivity index (χ1n) is 6.92. The summed E-state index contributed by atoms with van der Waals surface area (Å²) in [4.78, 5) is 11.6. The monoisotopic (exact) mass is 274 g/mol. The molecule has 1 rings (SSSR count). The van der Waals surface area contributed by atoms with Crippen molar-refractivity contribution in [3.8, 4) is 0 Å². The second kappa shape index (κ2) is 9.84. The number of esters is 1. The summed E-state index contributed by atoms with van der Waals surface area (Å²) in [6.07, 6.45) is 8.55. The van der Waals surface area contributed by atoms with E-state index in [1.165, 1.54) is 6.26 Å². The van der Waals surface area contributed by atoms with E-state index >= 15 is 0 Å². The van der Waals surface area contributed by atoms with Crippen LogP contribution in [0.5, 0.6) is 0 Å². The Balaban J connectivity index is 2.24. The van der Waals surface area contributed by atoms with Crippen LogP contribution < -0.4 is 0 Å². The maximum atomic E-state index is 11.6. The Bertz CT molecular complexity index is 435. The van der Waals surface area contributed by atoms with E-state index < -0.39 is 6.10 Å². The predicted octanol–water partition coefficient (Wildman–Crippen LogP) is 3.96. The van der Waals surface area contributed by atoms with Crippen LogP contribution in [0.1, 0.15) is 32.3 Å². The van der Waals surface area contributed by atoms with Crippen molar-refractivity contribution in [3.63, 3.8) is 0 Å². The highest BCUT2D eigenvalue weighted by Crippen LogP contribution is 2.03. The summed E-state index contributed by atoms with van der Waals surface area (Å²) in [5, 5.41) is 0. The number of hydrogen-bond donors (Lipinski definition) is 0. The molecule has 0 fully saturated rings. The van der Waals surface area contributed by atoms with Crippen molar-refractivity contribution in [2.75, 3.05) is 6.61 Å². The van der Waals surface area contributed by atoms with Gasteiger partial charge in [0, 0.05) is 0 Å². The number of ether oxygens (including phenoxy) is 2. The van der Waals surface area contributed by atoms with Crippen LogP contribution in [-0.2, 0) is 14.3 Å². The highest BCUT2D eigenvalue weighted by molar-refractivity contribution is 5.74. The van der Waals surface area contributed by atoms with Gasteiger partial charge in [0.1, 0.15) is 0 Å². The topological polar surface area (TPSA) is 35.5 Å². The summed E-state index contributed by atoms with van der Waals surface area (Å²) in [5.74, 6) is -0.340. The summed E-state index contributed by atoms with van der Waals surface area (Å²) in [5.41, 5.74) is 1.03. The van der Waals surface area contributed by atoms with Gasteiger partial charge < -0.3 is 9.47 Å². The van der Waals surface area contributed by atoms with Crippen LogP contribution >= 0.6 is 0 Å². The van der Waals surface area contributed by atoms with Crippen LogP contribution in [0.4, 0.5) is 0 Å². The van der Waals surface area contributed by atoms with Crippen molar-refractivity contribution in [3.05, 3.63) is 54.3 Å². The molecule has 1 unspecified atom stereocenters. The predicted molar refractivity (Wildman–Crippen MR) is 81.0 cm³/mol. The molecule has 0 aliphatic carbocycles. The zero-order valence-electron chi connectivity index (χ0n) is 12.1. The smallest absolute Gasteiger partial charge is 0.347 e. The largest absolute Gasteiger partial charge is 0.487 e. The minimum Gasteiger partial charge on any atom is -0.487 e. The average molecular weight is 274 g/mol. The molecule has 0 saturated heterocycles. The van der Waals surface area contributed by atoms with Gasteiger partial charge in [-0.05, 0) is 31.4 Å². The second-order valence-corrected chi connectivity index (χ2v) is 4.33. The number of allylic oxidation sites excluding steroid dienone is 1. The van der Waals surface area contributed by atoms with E-state index in [2.05, 4.69) is 13.0 Å². The molecule has 3 heteroatoms. The van der Waals surface area contributed by atoms with Gasteiger partial charge in [0.2, 0.25) is 0 Å².